The SMILES string of the molecule is COCCCC(=O)Nc1ccc(CN)cc1. The molecule has 0 atom stereocenters. The molecule has 1 amide bonds. The summed E-state index contributed by atoms with van der Waals surface area (Å²) in [5.41, 5.74) is 7.34. The number of anilines is 1. The second kappa shape index (κ2) is 6.98. The van der Waals surface area contributed by atoms with Gasteiger partial charge in [-0.25, -0.2) is 0 Å². The Kier molecular flexibility index (Phi) is 5.53. The first-order chi connectivity index (χ1) is 7.76. The molecule has 88 valence electrons. The van der Waals surface area contributed by atoms with E-state index in [0.29, 0.717) is 19.6 Å². The van der Waals surface area contributed by atoms with Crippen molar-refractivity contribution in [3.05, 3.63) is 29.8 Å². The molecule has 0 aromatic heterocycles. The van der Waals surface area contributed by atoms with E-state index in [1.807, 2.05) is 24.3 Å². The molecule has 0 aliphatic carbocycles. The van der Waals surface area contributed by atoms with Gasteiger partial charge in [0.2, 0.25) is 5.91 Å². The molecule has 0 radical (unpaired) electrons. The highest BCUT2D eigenvalue weighted by molar-refractivity contribution is 5.90. The Labute approximate surface area is 95.8 Å². The van der Waals surface area contributed by atoms with Crippen molar-refractivity contribution in [1.29, 1.82) is 0 Å². The molecule has 1 aromatic rings. The van der Waals surface area contributed by atoms with Crippen molar-refractivity contribution in [3.8, 4) is 0 Å². The molecule has 3 N–H and O–H groups in total. The van der Waals surface area contributed by atoms with E-state index in [-0.39, 0.29) is 5.91 Å². The van der Waals surface area contributed by atoms with Gasteiger partial charge in [-0.15, -0.1) is 0 Å². The Balaban J connectivity index is 2.37. The topological polar surface area (TPSA) is 64.3 Å². The van der Waals surface area contributed by atoms with Crippen LogP contribution >= 0.6 is 0 Å². The molecular weight excluding hydrogens is 204 g/mol. The lowest BCUT2D eigenvalue weighted by atomic mass is 10.2. The molecule has 0 aliphatic heterocycles. The number of carbonyl (C=O) groups is 1. The maximum Gasteiger partial charge on any atom is 0.224 e. The third-order valence-corrected chi connectivity index (χ3v) is 2.23. The van der Waals surface area contributed by atoms with Crippen LogP contribution in [0.2, 0.25) is 0 Å². The first-order valence-corrected chi connectivity index (χ1v) is 5.34. The number of hydrogen-bond acceptors (Lipinski definition) is 3. The average molecular weight is 222 g/mol. The van der Waals surface area contributed by atoms with Crippen LogP contribution in [0, 0.1) is 0 Å². The van der Waals surface area contributed by atoms with Gasteiger partial charge in [0.25, 0.3) is 0 Å². The number of amides is 1. The van der Waals surface area contributed by atoms with E-state index < -0.39 is 0 Å². The molecule has 0 saturated carbocycles. The molecule has 0 heterocycles. The van der Waals surface area contributed by atoms with Gasteiger partial charge in [-0.2, -0.15) is 0 Å². The highest BCUT2D eigenvalue weighted by Crippen LogP contribution is 2.09. The number of nitrogens with one attached hydrogen (secondary N) is 1. The molecule has 0 fully saturated rings. The van der Waals surface area contributed by atoms with Gasteiger partial charge in [0.05, 0.1) is 0 Å². The summed E-state index contributed by atoms with van der Waals surface area (Å²) in [6.07, 6.45) is 1.22. The van der Waals surface area contributed by atoms with Crippen LogP contribution in [0.5, 0.6) is 0 Å². The number of benzene rings is 1. The van der Waals surface area contributed by atoms with Crippen LogP contribution < -0.4 is 11.1 Å². The fourth-order valence-electron chi connectivity index (χ4n) is 1.32. The van der Waals surface area contributed by atoms with Gasteiger partial charge in [-0.05, 0) is 24.1 Å². The highest BCUT2D eigenvalue weighted by atomic mass is 16.5. The first kappa shape index (κ1) is 12.7. The normalized spacial score (nSPS) is 10.1. The maximum atomic E-state index is 11.5. The Morgan fingerprint density at radius 2 is 2.06 bits per heavy atom. The van der Waals surface area contributed by atoms with Crippen molar-refractivity contribution >= 4 is 11.6 Å². The Morgan fingerprint density at radius 1 is 1.38 bits per heavy atom. The zero-order chi connectivity index (χ0) is 11.8. The minimum Gasteiger partial charge on any atom is -0.385 e. The molecule has 0 unspecified atom stereocenters. The summed E-state index contributed by atoms with van der Waals surface area (Å²) in [6, 6.07) is 7.53. The second-order valence-electron chi connectivity index (χ2n) is 3.55. The third-order valence-electron chi connectivity index (χ3n) is 2.23. The van der Waals surface area contributed by atoms with Gasteiger partial charge >= 0.3 is 0 Å². The van der Waals surface area contributed by atoms with Gasteiger partial charge in [-0.1, -0.05) is 12.1 Å². The number of carbonyl (C=O) groups excluding carboxylic acids is 1. The standard InChI is InChI=1S/C12H18N2O2/c1-16-8-2-3-12(15)14-11-6-4-10(9-13)5-7-11/h4-7H,2-3,8-9,13H2,1H3,(H,14,15). The second-order valence-corrected chi connectivity index (χ2v) is 3.55. The van der Waals surface area contributed by atoms with Gasteiger partial charge in [0, 0.05) is 32.4 Å². The van der Waals surface area contributed by atoms with Crippen molar-refractivity contribution in [2.24, 2.45) is 5.73 Å². The van der Waals surface area contributed by atoms with Crippen LogP contribution in [-0.4, -0.2) is 19.6 Å². The van der Waals surface area contributed by atoms with Crippen LogP contribution in [-0.2, 0) is 16.1 Å². The summed E-state index contributed by atoms with van der Waals surface area (Å²) in [6.45, 7) is 1.13. The van der Waals surface area contributed by atoms with Crippen molar-refractivity contribution in [2.45, 2.75) is 19.4 Å². The van der Waals surface area contributed by atoms with Crippen LogP contribution in [0.1, 0.15) is 18.4 Å². The lowest BCUT2D eigenvalue weighted by molar-refractivity contribution is -0.116. The lowest BCUT2D eigenvalue weighted by Crippen LogP contribution is -2.12. The lowest BCUT2D eigenvalue weighted by Gasteiger charge is -2.05. The fraction of sp³-hybridized carbons (Fsp3) is 0.417. The zero-order valence-corrected chi connectivity index (χ0v) is 9.53. The van der Waals surface area contributed by atoms with Crippen LogP contribution in [0.4, 0.5) is 5.69 Å². The van der Waals surface area contributed by atoms with Crippen molar-refractivity contribution in [1.82, 2.24) is 0 Å². The molecule has 4 heteroatoms. The summed E-state index contributed by atoms with van der Waals surface area (Å²) >= 11 is 0. The highest BCUT2D eigenvalue weighted by Gasteiger charge is 2.01. The Hall–Kier alpha value is -1.39. The van der Waals surface area contributed by atoms with Crippen LogP contribution in [0.25, 0.3) is 0 Å². The summed E-state index contributed by atoms with van der Waals surface area (Å²) in [7, 11) is 1.63. The molecule has 0 bridgehead atoms. The van der Waals surface area contributed by atoms with E-state index in [9.17, 15) is 4.79 Å². The summed E-state index contributed by atoms with van der Waals surface area (Å²) < 4.78 is 4.88. The Morgan fingerprint density at radius 3 is 2.62 bits per heavy atom. The minimum absolute atomic E-state index is 0.0116. The van der Waals surface area contributed by atoms with E-state index in [4.69, 9.17) is 10.5 Å². The largest absolute Gasteiger partial charge is 0.385 e. The zero-order valence-electron chi connectivity index (χ0n) is 9.53. The molecule has 4 nitrogen and oxygen atoms in total. The van der Waals surface area contributed by atoms with Crippen molar-refractivity contribution in [3.63, 3.8) is 0 Å². The number of methoxy groups -OCH3 is 1. The van der Waals surface area contributed by atoms with E-state index in [0.717, 1.165) is 17.7 Å². The summed E-state index contributed by atoms with van der Waals surface area (Å²) in [5, 5.41) is 2.82. The summed E-state index contributed by atoms with van der Waals surface area (Å²) in [5.74, 6) is 0.0116. The number of rotatable bonds is 6. The van der Waals surface area contributed by atoms with Gasteiger partial charge in [0.1, 0.15) is 0 Å². The quantitative estimate of drug-likeness (QED) is 0.717. The van der Waals surface area contributed by atoms with Gasteiger partial charge in [0.15, 0.2) is 0 Å². The predicted molar refractivity (Wildman–Crippen MR) is 64.1 cm³/mol. The minimum atomic E-state index is 0.0116. The molecular formula is C12H18N2O2. The summed E-state index contributed by atoms with van der Waals surface area (Å²) in [4.78, 5) is 11.5. The first-order valence-electron chi connectivity index (χ1n) is 5.34. The van der Waals surface area contributed by atoms with Crippen molar-refractivity contribution in [2.75, 3.05) is 19.0 Å². The maximum absolute atomic E-state index is 11.5. The van der Waals surface area contributed by atoms with Gasteiger partial charge < -0.3 is 15.8 Å². The van der Waals surface area contributed by atoms with E-state index in [2.05, 4.69) is 5.32 Å². The van der Waals surface area contributed by atoms with Gasteiger partial charge in [-0.3, -0.25) is 4.79 Å². The van der Waals surface area contributed by atoms with E-state index >= 15 is 0 Å². The van der Waals surface area contributed by atoms with E-state index in [1.54, 1.807) is 7.11 Å². The number of ether oxygens (including phenoxy) is 1. The molecule has 0 saturated heterocycles. The monoisotopic (exact) mass is 222 g/mol. The third kappa shape index (κ3) is 4.42. The number of hydrogen-bond donors (Lipinski definition) is 2. The molecule has 0 spiro atoms. The predicted octanol–water partition coefficient (Wildman–Crippen LogP) is 1.51. The van der Waals surface area contributed by atoms with Crippen molar-refractivity contribution < 1.29 is 9.53 Å². The number of nitrogens with two attached hydrogens (primary N) is 1. The smallest absolute Gasteiger partial charge is 0.224 e. The van der Waals surface area contributed by atoms with Crippen LogP contribution in [0.15, 0.2) is 24.3 Å². The fourth-order valence-corrected chi connectivity index (χ4v) is 1.32. The average Bonchev–Trinajstić information content (AvgIpc) is 2.30. The molecule has 1 rings (SSSR count). The van der Waals surface area contributed by atoms with Crippen LogP contribution in [0.3, 0.4) is 0 Å². The molecule has 0 aliphatic rings. The Bertz CT molecular complexity index is 322. The molecule has 1 aromatic carbocycles. The van der Waals surface area contributed by atoms with E-state index in [1.165, 1.54) is 0 Å². The molecule has 16 heavy (non-hydrogen) atoms.